The molecule has 0 saturated heterocycles. The second-order valence-corrected chi connectivity index (χ2v) is 9.52. The zero-order valence-electron chi connectivity index (χ0n) is 18.3. The minimum Gasteiger partial charge on any atom is -0.360 e. The quantitative estimate of drug-likeness (QED) is 0.385. The van der Waals surface area contributed by atoms with Crippen molar-refractivity contribution in [1.82, 2.24) is 38.9 Å². The maximum atomic E-state index is 12.7. The van der Waals surface area contributed by atoms with Crippen molar-refractivity contribution in [1.29, 1.82) is 0 Å². The molecular formula is C24H20N8OS. The predicted octanol–water partition coefficient (Wildman–Crippen LogP) is 3.95. The first-order valence-electron chi connectivity index (χ1n) is 11.2. The van der Waals surface area contributed by atoms with Crippen LogP contribution in [0.3, 0.4) is 0 Å². The van der Waals surface area contributed by atoms with Crippen LogP contribution in [0, 0.1) is 0 Å². The second kappa shape index (κ2) is 7.29. The van der Waals surface area contributed by atoms with Gasteiger partial charge in [-0.2, -0.15) is 0 Å². The van der Waals surface area contributed by atoms with Gasteiger partial charge in [0.15, 0.2) is 11.0 Å². The number of hydrogen-bond donors (Lipinski definition) is 1. The summed E-state index contributed by atoms with van der Waals surface area (Å²) in [6.07, 6.45) is 4.27. The summed E-state index contributed by atoms with van der Waals surface area (Å²) in [6.45, 7) is 0. The van der Waals surface area contributed by atoms with E-state index in [4.69, 9.17) is 0 Å². The molecule has 7 rings (SSSR count). The van der Waals surface area contributed by atoms with E-state index in [0.717, 1.165) is 51.6 Å². The number of fused-ring (bicyclic) bond motifs is 4. The van der Waals surface area contributed by atoms with Gasteiger partial charge in [-0.3, -0.25) is 18.3 Å². The molecule has 0 atom stereocenters. The van der Waals surface area contributed by atoms with Gasteiger partial charge >= 0.3 is 0 Å². The Balaban J connectivity index is 1.30. The molecule has 9 nitrogen and oxygen atoms in total. The molecule has 0 spiro atoms. The number of H-pyrrole nitrogens is 1. The molecular weight excluding hydrogens is 448 g/mol. The summed E-state index contributed by atoms with van der Waals surface area (Å²) < 4.78 is 5.77. The van der Waals surface area contributed by atoms with Crippen molar-refractivity contribution in [3.05, 3.63) is 70.9 Å². The van der Waals surface area contributed by atoms with E-state index in [1.807, 2.05) is 47.0 Å². The zero-order chi connectivity index (χ0) is 22.8. The largest absolute Gasteiger partial charge is 0.360 e. The number of para-hydroxylation sites is 2. The summed E-state index contributed by atoms with van der Waals surface area (Å²) in [5.74, 6) is 2.75. The van der Waals surface area contributed by atoms with Crippen molar-refractivity contribution in [2.75, 3.05) is 0 Å². The topological polar surface area (TPSA) is 98.7 Å². The molecule has 1 aliphatic carbocycles. The van der Waals surface area contributed by atoms with E-state index in [9.17, 15) is 4.79 Å². The molecule has 1 aliphatic rings. The van der Waals surface area contributed by atoms with Crippen molar-refractivity contribution in [2.24, 2.45) is 7.05 Å². The number of benzene rings is 2. The van der Waals surface area contributed by atoms with Crippen LogP contribution < -0.4 is 5.56 Å². The van der Waals surface area contributed by atoms with Gasteiger partial charge < -0.3 is 4.98 Å². The molecule has 0 aliphatic heterocycles. The van der Waals surface area contributed by atoms with Crippen molar-refractivity contribution in [3.63, 3.8) is 0 Å². The Morgan fingerprint density at radius 2 is 1.79 bits per heavy atom. The molecule has 1 fully saturated rings. The maximum Gasteiger partial charge on any atom is 0.262 e. The predicted molar refractivity (Wildman–Crippen MR) is 131 cm³/mol. The lowest BCUT2D eigenvalue weighted by atomic mass is 10.1. The first-order valence-corrected chi connectivity index (χ1v) is 12.1. The molecule has 1 saturated carbocycles. The van der Waals surface area contributed by atoms with E-state index in [0.29, 0.717) is 23.0 Å². The lowest BCUT2D eigenvalue weighted by molar-refractivity contribution is 0.669. The summed E-state index contributed by atoms with van der Waals surface area (Å²) in [5, 5.41) is 20.5. The average molecular weight is 469 g/mol. The van der Waals surface area contributed by atoms with Crippen LogP contribution in [0.2, 0.25) is 0 Å². The minimum absolute atomic E-state index is 0.0773. The average Bonchev–Trinajstić information content (AvgIpc) is 3.28. The normalized spacial score (nSPS) is 14.0. The molecule has 1 N–H and O–H groups in total. The SMILES string of the molecule is Cn1c(=O)c2ccccc2n2c(CSc3nnc(-c4c[nH]c5ccccc45)n3C3CC3)nnc12. The molecule has 10 heteroatoms. The van der Waals surface area contributed by atoms with E-state index in [-0.39, 0.29) is 5.56 Å². The molecule has 0 radical (unpaired) electrons. The molecule has 0 bridgehead atoms. The number of aromatic nitrogens is 8. The van der Waals surface area contributed by atoms with Crippen LogP contribution in [0.4, 0.5) is 0 Å². The zero-order valence-corrected chi connectivity index (χ0v) is 19.2. The first-order chi connectivity index (χ1) is 16.7. The molecule has 4 heterocycles. The summed E-state index contributed by atoms with van der Waals surface area (Å²) >= 11 is 1.60. The summed E-state index contributed by atoms with van der Waals surface area (Å²) in [7, 11) is 1.73. The molecule has 0 unspecified atom stereocenters. The van der Waals surface area contributed by atoms with Gasteiger partial charge in [0, 0.05) is 35.8 Å². The van der Waals surface area contributed by atoms with Gasteiger partial charge in [0.05, 0.1) is 16.7 Å². The number of thioether (sulfide) groups is 1. The van der Waals surface area contributed by atoms with Crippen LogP contribution in [-0.2, 0) is 12.8 Å². The molecule has 6 aromatic rings. The Morgan fingerprint density at radius 1 is 1.00 bits per heavy atom. The van der Waals surface area contributed by atoms with Gasteiger partial charge in [-0.1, -0.05) is 42.1 Å². The number of nitrogens with zero attached hydrogens (tertiary/aromatic N) is 7. The Morgan fingerprint density at radius 3 is 2.65 bits per heavy atom. The van der Waals surface area contributed by atoms with E-state index >= 15 is 0 Å². The third-order valence-electron chi connectivity index (χ3n) is 6.43. The third-order valence-corrected chi connectivity index (χ3v) is 7.37. The molecule has 34 heavy (non-hydrogen) atoms. The van der Waals surface area contributed by atoms with Gasteiger partial charge in [-0.25, -0.2) is 0 Å². The number of rotatable bonds is 5. The van der Waals surface area contributed by atoms with Gasteiger partial charge in [0.25, 0.3) is 5.56 Å². The third kappa shape index (κ3) is 2.84. The van der Waals surface area contributed by atoms with Gasteiger partial charge in [0.2, 0.25) is 5.78 Å². The Kier molecular flexibility index (Phi) is 4.19. The highest BCUT2D eigenvalue weighted by Crippen LogP contribution is 2.42. The van der Waals surface area contributed by atoms with Crippen molar-refractivity contribution in [3.8, 4) is 11.4 Å². The minimum atomic E-state index is -0.0773. The van der Waals surface area contributed by atoms with Crippen LogP contribution in [0.25, 0.3) is 39.0 Å². The first kappa shape index (κ1) is 19.5. The highest BCUT2D eigenvalue weighted by Gasteiger charge is 2.31. The van der Waals surface area contributed by atoms with Crippen LogP contribution >= 0.6 is 11.8 Å². The Bertz CT molecular complexity index is 1770. The van der Waals surface area contributed by atoms with Gasteiger partial charge in [-0.05, 0) is 31.0 Å². The second-order valence-electron chi connectivity index (χ2n) is 8.58. The number of nitrogens with one attached hydrogen (secondary N) is 1. The summed E-state index contributed by atoms with van der Waals surface area (Å²) in [6, 6.07) is 16.2. The smallest absolute Gasteiger partial charge is 0.262 e. The number of aryl methyl sites for hydroxylation is 1. The van der Waals surface area contributed by atoms with Crippen LogP contribution in [0.15, 0.2) is 64.7 Å². The van der Waals surface area contributed by atoms with Crippen LogP contribution in [0.1, 0.15) is 24.7 Å². The van der Waals surface area contributed by atoms with E-state index < -0.39 is 0 Å². The van der Waals surface area contributed by atoms with Gasteiger partial charge in [-0.15, -0.1) is 20.4 Å². The van der Waals surface area contributed by atoms with E-state index in [1.165, 1.54) is 0 Å². The van der Waals surface area contributed by atoms with Crippen LogP contribution in [0.5, 0.6) is 0 Å². The molecule has 168 valence electrons. The van der Waals surface area contributed by atoms with Crippen molar-refractivity contribution < 1.29 is 0 Å². The van der Waals surface area contributed by atoms with E-state index in [1.54, 1.807) is 23.4 Å². The number of aromatic amines is 1. The lowest BCUT2D eigenvalue weighted by Gasteiger charge is -2.09. The highest BCUT2D eigenvalue weighted by atomic mass is 32.2. The summed E-state index contributed by atoms with van der Waals surface area (Å²) in [4.78, 5) is 16.1. The van der Waals surface area contributed by atoms with Crippen molar-refractivity contribution in [2.45, 2.75) is 29.8 Å². The summed E-state index contributed by atoms with van der Waals surface area (Å²) in [5.41, 5.74) is 2.89. The standard InChI is InChI=1S/C24H20N8OS/c1-30-22(33)16-7-3-5-9-19(16)32-20(26-28-23(30)32)13-34-24-29-27-21(31(24)14-10-11-14)17-12-25-18-8-4-2-6-15(17)18/h2-9,12,14,25H,10-11,13H2,1H3. The highest BCUT2D eigenvalue weighted by molar-refractivity contribution is 7.98. The fourth-order valence-electron chi connectivity index (χ4n) is 4.59. The van der Waals surface area contributed by atoms with Crippen LogP contribution in [-0.4, -0.2) is 38.9 Å². The monoisotopic (exact) mass is 468 g/mol. The molecule has 4 aromatic heterocycles. The van der Waals surface area contributed by atoms with Gasteiger partial charge in [0.1, 0.15) is 5.82 Å². The Hall–Kier alpha value is -3.92. The molecule has 0 amide bonds. The fourth-order valence-corrected chi connectivity index (χ4v) is 5.51. The lowest BCUT2D eigenvalue weighted by Crippen LogP contribution is -2.20. The maximum absolute atomic E-state index is 12.7. The fraction of sp³-hybridized carbons (Fsp3) is 0.208. The molecule has 2 aromatic carbocycles. The van der Waals surface area contributed by atoms with E-state index in [2.05, 4.69) is 42.1 Å². The number of hydrogen-bond acceptors (Lipinski definition) is 6. The van der Waals surface area contributed by atoms with Crippen molar-refractivity contribution >= 4 is 39.3 Å². The Labute approximate surface area is 197 Å².